The van der Waals surface area contributed by atoms with Gasteiger partial charge in [0, 0.05) is 38.4 Å². The summed E-state index contributed by atoms with van der Waals surface area (Å²) in [7, 11) is 0.110. The first-order chi connectivity index (χ1) is 13.2. The number of anilines is 3. The molecule has 11 nitrogen and oxygen atoms in total. The molecule has 0 radical (unpaired) electrons. The summed E-state index contributed by atoms with van der Waals surface area (Å²) >= 11 is 0. The Morgan fingerprint density at radius 3 is 2.75 bits per heavy atom. The van der Waals surface area contributed by atoms with Crippen molar-refractivity contribution in [2.75, 3.05) is 29.9 Å². The molecule has 1 saturated heterocycles. The van der Waals surface area contributed by atoms with E-state index in [1.165, 1.54) is 16.0 Å². The molecule has 3 rings (SSSR count). The summed E-state index contributed by atoms with van der Waals surface area (Å²) in [5, 5.41) is 27.6. The van der Waals surface area contributed by atoms with Crippen LogP contribution < -0.4 is 26.4 Å². The van der Waals surface area contributed by atoms with Crippen LogP contribution in [0.25, 0.3) is 0 Å². The number of hydrogen-bond acceptors (Lipinski definition) is 9. The van der Waals surface area contributed by atoms with Crippen LogP contribution in [0.5, 0.6) is 0 Å². The van der Waals surface area contributed by atoms with Crippen LogP contribution in [0, 0.1) is 5.92 Å². The van der Waals surface area contributed by atoms with Gasteiger partial charge in [0.15, 0.2) is 0 Å². The largest absolute Gasteiger partial charge is 0.480 e. The third kappa shape index (κ3) is 3.30. The summed E-state index contributed by atoms with van der Waals surface area (Å²) in [6.45, 7) is 0.0483. The van der Waals surface area contributed by atoms with Crippen molar-refractivity contribution in [1.82, 2.24) is 9.97 Å². The number of rotatable bonds is 8. The lowest BCUT2D eigenvalue weighted by Gasteiger charge is -2.28. The van der Waals surface area contributed by atoms with Crippen molar-refractivity contribution in [1.29, 1.82) is 0 Å². The van der Waals surface area contributed by atoms with Crippen molar-refractivity contribution in [3.8, 4) is 0 Å². The maximum absolute atomic E-state index is 12.3. The highest BCUT2D eigenvalue weighted by Gasteiger charge is 2.51. The first-order valence-corrected chi connectivity index (χ1v) is 8.86. The Morgan fingerprint density at radius 2 is 2.18 bits per heavy atom. The molecule has 2 heterocycles. The van der Waals surface area contributed by atoms with Crippen molar-refractivity contribution in [2.45, 2.75) is 24.7 Å². The van der Waals surface area contributed by atoms with Gasteiger partial charge < -0.3 is 35.7 Å². The number of H-pyrrole nitrogens is 1. The molecule has 1 aliphatic heterocycles. The quantitative estimate of drug-likeness (QED) is 0.256. The van der Waals surface area contributed by atoms with Gasteiger partial charge in [0.2, 0.25) is 5.95 Å². The molecule has 1 fully saturated rings. The van der Waals surface area contributed by atoms with Crippen LogP contribution in [0.4, 0.5) is 17.3 Å². The highest BCUT2D eigenvalue weighted by atomic mass is 16.4. The minimum absolute atomic E-state index is 0.0960. The maximum atomic E-state index is 12.3. The van der Waals surface area contributed by atoms with E-state index in [0.29, 0.717) is 18.8 Å². The average molecular weight is 391 g/mol. The van der Waals surface area contributed by atoms with Crippen molar-refractivity contribution < 1.29 is 19.9 Å². The fraction of sp³-hybridized carbons (Fsp3) is 0.500. The molecule has 1 aromatic heterocycles. The molecular weight excluding hydrogens is 369 g/mol. The normalized spacial score (nSPS) is 22.0. The molecule has 0 amide bonds. The lowest BCUT2D eigenvalue weighted by molar-refractivity contribution is -0.144. The van der Waals surface area contributed by atoms with E-state index in [0.717, 1.165) is 0 Å². The number of aromatic nitrogens is 2. The molecule has 1 aliphatic rings. The summed E-state index contributed by atoms with van der Waals surface area (Å²) in [6.07, 6.45) is 3.89. The highest BCUT2D eigenvalue weighted by Crippen LogP contribution is 2.36. The van der Waals surface area contributed by atoms with Gasteiger partial charge in [-0.3, -0.25) is 14.4 Å². The molecule has 0 unspecified atom stereocenters. The molecule has 0 saturated carbocycles. The van der Waals surface area contributed by atoms with Gasteiger partial charge in [0.25, 0.3) is 10.9 Å². The zero-order valence-electron chi connectivity index (χ0n) is 15.3. The monoisotopic (exact) mass is 391 g/mol. The third-order valence-electron chi connectivity index (χ3n) is 5.35. The van der Waals surface area contributed by atoms with Crippen molar-refractivity contribution in [3.05, 3.63) is 32.8 Å². The molecule has 0 aliphatic carbocycles. The first-order valence-electron chi connectivity index (χ1n) is 8.86. The van der Waals surface area contributed by atoms with Crippen LogP contribution in [0.3, 0.4) is 0 Å². The number of imidazole rings is 1. The van der Waals surface area contributed by atoms with Crippen molar-refractivity contribution in [2.24, 2.45) is 11.7 Å². The van der Waals surface area contributed by atoms with Crippen LogP contribution in [0.1, 0.15) is 12.8 Å². The SMILES string of the molecule is CN(c1ncc[nH]1)c1c(N2C[C@H](CCCB(O)O)[C@](N)(C(=O)O)C2)c(=O)c1=O. The van der Waals surface area contributed by atoms with Gasteiger partial charge in [-0.05, 0) is 12.7 Å². The third-order valence-corrected chi connectivity index (χ3v) is 5.35. The first kappa shape index (κ1) is 20.0. The number of nitrogens with zero attached hydrogens (tertiary/aromatic N) is 3. The molecule has 1 aromatic carbocycles. The predicted octanol–water partition coefficient (Wildman–Crippen LogP) is -1.76. The predicted molar refractivity (Wildman–Crippen MR) is 102 cm³/mol. The highest BCUT2D eigenvalue weighted by molar-refractivity contribution is 6.40. The van der Waals surface area contributed by atoms with Gasteiger partial charge in [-0.25, -0.2) is 4.98 Å². The Morgan fingerprint density at radius 1 is 1.46 bits per heavy atom. The van der Waals surface area contributed by atoms with E-state index in [1.54, 1.807) is 13.2 Å². The van der Waals surface area contributed by atoms with Gasteiger partial charge in [0.1, 0.15) is 16.9 Å². The molecule has 150 valence electrons. The summed E-state index contributed by atoms with van der Waals surface area (Å²) in [4.78, 5) is 46.1. The Labute approximate surface area is 160 Å². The Hall–Kier alpha value is -2.70. The Balaban J connectivity index is 1.87. The van der Waals surface area contributed by atoms with E-state index in [-0.39, 0.29) is 30.8 Å². The van der Waals surface area contributed by atoms with Crippen LogP contribution in [0.15, 0.2) is 22.0 Å². The molecule has 2 atom stereocenters. The number of hydrogen-bond donors (Lipinski definition) is 5. The van der Waals surface area contributed by atoms with Crippen LogP contribution >= 0.6 is 0 Å². The van der Waals surface area contributed by atoms with Crippen molar-refractivity contribution >= 4 is 30.4 Å². The van der Waals surface area contributed by atoms with E-state index in [4.69, 9.17) is 15.8 Å². The molecule has 0 spiro atoms. The molecule has 0 bridgehead atoms. The lowest BCUT2D eigenvalue weighted by Crippen LogP contribution is -2.55. The Bertz CT molecular complexity index is 925. The molecule has 12 heteroatoms. The average Bonchev–Trinajstić information content (AvgIpc) is 3.27. The van der Waals surface area contributed by atoms with Crippen molar-refractivity contribution in [3.63, 3.8) is 0 Å². The second-order valence-electron chi connectivity index (χ2n) is 7.16. The van der Waals surface area contributed by atoms with Gasteiger partial charge in [0.05, 0.1) is 0 Å². The van der Waals surface area contributed by atoms with Gasteiger partial charge in [-0.2, -0.15) is 0 Å². The second kappa shape index (κ2) is 7.38. The minimum Gasteiger partial charge on any atom is -0.480 e. The van der Waals surface area contributed by atoms with E-state index in [2.05, 4.69) is 9.97 Å². The summed E-state index contributed by atoms with van der Waals surface area (Å²) in [6, 6.07) is 0. The fourth-order valence-electron chi connectivity index (χ4n) is 3.77. The fourth-order valence-corrected chi connectivity index (χ4v) is 3.77. The zero-order chi connectivity index (χ0) is 20.6. The number of carboxylic acid groups (broad SMARTS) is 1. The molecule has 2 aromatic rings. The number of aromatic amines is 1. The summed E-state index contributed by atoms with van der Waals surface area (Å²) < 4.78 is 0. The molecular formula is C16H22BN5O6. The second-order valence-corrected chi connectivity index (χ2v) is 7.16. The number of carbonyl (C=O) groups is 1. The van der Waals surface area contributed by atoms with E-state index in [1.807, 2.05) is 0 Å². The molecule has 6 N–H and O–H groups in total. The van der Waals surface area contributed by atoms with Gasteiger partial charge in [-0.1, -0.05) is 6.42 Å². The minimum atomic E-state index is -1.61. The Kier molecular flexibility index (Phi) is 5.28. The zero-order valence-corrected chi connectivity index (χ0v) is 15.3. The smallest absolute Gasteiger partial charge is 0.451 e. The van der Waals surface area contributed by atoms with E-state index < -0.39 is 35.4 Å². The standard InChI is InChI=1S/C16H22BN5O6/c1-21(15-19-5-6-20-15)10-11(13(24)12(10)23)22-7-9(3-2-4-17(27)28)16(18,8-22)14(25)26/h5-6,9,27-28H,2-4,7-8,18H2,1H3,(H,19,20)(H,25,26)/t9-,16-/m0/s1. The van der Waals surface area contributed by atoms with E-state index in [9.17, 15) is 19.5 Å². The number of aliphatic carboxylic acids is 1. The van der Waals surface area contributed by atoms with E-state index >= 15 is 0 Å². The van der Waals surface area contributed by atoms with Gasteiger partial charge in [-0.15, -0.1) is 0 Å². The topological polar surface area (TPSA) is 173 Å². The number of nitrogens with two attached hydrogens (primary N) is 1. The molecule has 28 heavy (non-hydrogen) atoms. The van der Waals surface area contributed by atoms with Gasteiger partial charge >= 0.3 is 13.1 Å². The van der Waals surface area contributed by atoms with Crippen LogP contribution in [-0.4, -0.2) is 63.9 Å². The van der Waals surface area contributed by atoms with Crippen LogP contribution in [-0.2, 0) is 4.79 Å². The lowest BCUT2D eigenvalue weighted by atomic mass is 9.78. The summed E-state index contributed by atoms with van der Waals surface area (Å²) in [5.41, 5.74) is 3.45. The van der Waals surface area contributed by atoms with Crippen LogP contribution in [0.2, 0.25) is 6.32 Å². The number of carboxylic acids is 1. The summed E-state index contributed by atoms with van der Waals surface area (Å²) in [5.74, 6) is -1.35. The maximum Gasteiger partial charge on any atom is 0.451 e. The number of nitrogens with one attached hydrogen (secondary N) is 1.